The van der Waals surface area contributed by atoms with Gasteiger partial charge in [0.15, 0.2) is 0 Å². The fourth-order valence-corrected chi connectivity index (χ4v) is 3.68. The normalized spacial score (nSPS) is 26.0. The summed E-state index contributed by atoms with van der Waals surface area (Å²) in [5.41, 5.74) is 1.30. The minimum Gasteiger partial charge on any atom is -0.497 e. The molecule has 1 aromatic carbocycles. The summed E-state index contributed by atoms with van der Waals surface area (Å²) in [5, 5.41) is 0. The van der Waals surface area contributed by atoms with E-state index in [4.69, 9.17) is 9.47 Å². The predicted molar refractivity (Wildman–Crippen MR) is 85.0 cm³/mol. The van der Waals surface area contributed by atoms with Crippen LogP contribution in [0.15, 0.2) is 30.4 Å². The first-order valence-electron chi connectivity index (χ1n) is 7.98. The Morgan fingerprint density at radius 2 is 2.00 bits per heavy atom. The summed E-state index contributed by atoms with van der Waals surface area (Å²) in [6, 6.07) is 7.29. The van der Waals surface area contributed by atoms with Crippen LogP contribution < -0.4 is 9.47 Å². The van der Waals surface area contributed by atoms with Crippen LogP contribution in [-0.2, 0) is 0 Å². The molecule has 0 aromatic heterocycles. The predicted octanol–water partition coefficient (Wildman–Crippen LogP) is 3.95. The zero-order valence-electron chi connectivity index (χ0n) is 13.0. The van der Waals surface area contributed by atoms with Gasteiger partial charge in [-0.15, -0.1) is 0 Å². The Kier molecular flexibility index (Phi) is 4.49. The lowest BCUT2D eigenvalue weighted by atomic mass is 9.97. The Balaban J connectivity index is 1.87. The fraction of sp³-hybridized carbons (Fsp3) is 0.556. The number of hydrogen-bond acceptors (Lipinski definition) is 3. The van der Waals surface area contributed by atoms with Crippen LogP contribution in [0, 0.1) is 0 Å². The Morgan fingerprint density at radius 1 is 1.10 bits per heavy atom. The maximum atomic E-state index is 5.61. The van der Waals surface area contributed by atoms with Gasteiger partial charge in [0.2, 0.25) is 0 Å². The molecule has 3 rings (SSSR count). The van der Waals surface area contributed by atoms with E-state index in [1.54, 1.807) is 14.2 Å². The summed E-state index contributed by atoms with van der Waals surface area (Å²) in [7, 11) is 3.45. The van der Waals surface area contributed by atoms with Gasteiger partial charge in [-0.3, -0.25) is 4.90 Å². The van der Waals surface area contributed by atoms with E-state index in [1.807, 2.05) is 12.1 Å². The van der Waals surface area contributed by atoms with E-state index in [-0.39, 0.29) is 0 Å². The van der Waals surface area contributed by atoms with E-state index in [0.29, 0.717) is 12.1 Å². The molecule has 1 aromatic rings. The molecular weight excluding hydrogens is 262 g/mol. The van der Waals surface area contributed by atoms with Gasteiger partial charge in [0, 0.05) is 23.7 Å². The second-order valence-corrected chi connectivity index (χ2v) is 5.93. The van der Waals surface area contributed by atoms with Gasteiger partial charge in [0.1, 0.15) is 11.5 Å². The van der Waals surface area contributed by atoms with Crippen LogP contribution in [0.4, 0.5) is 0 Å². The minimum absolute atomic E-state index is 0.471. The zero-order valence-corrected chi connectivity index (χ0v) is 13.0. The monoisotopic (exact) mass is 287 g/mol. The SMILES string of the molecule is COc1ccc(C2CCCN2C2C=CCCC2)c(OC)c1. The van der Waals surface area contributed by atoms with Crippen LogP contribution >= 0.6 is 0 Å². The average molecular weight is 287 g/mol. The molecule has 0 radical (unpaired) electrons. The third-order valence-electron chi connectivity index (χ3n) is 4.75. The lowest BCUT2D eigenvalue weighted by Crippen LogP contribution is -2.34. The van der Waals surface area contributed by atoms with Crippen molar-refractivity contribution in [3.63, 3.8) is 0 Å². The van der Waals surface area contributed by atoms with Gasteiger partial charge >= 0.3 is 0 Å². The number of ether oxygens (including phenoxy) is 2. The minimum atomic E-state index is 0.471. The topological polar surface area (TPSA) is 21.7 Å². The van der Waals surface area contributed by atoms with E-state index in [1.165, 1.54) is 44.2 Å². The molecule has 2 unspecified atom stereocenters. The van der Waals surface area contributed by atoms with Crippen molar-refractivity contribution < 1.29 is 9.47 Å². The van der Waals surface area contributed by atoms with E-state index in [2.05, 4.69) is 23.1 Å². The Morgan fingerprint density at radius 3 is 2.71 bits per heavy atom. The fourth-order valence-electron chi connectivity index (χ4n) is 3.68. The van der Waals surface area contributed by atoms with Crippen LogP contribution in [0.1, 0.15) is 43.7 Å². The number of likely N-dealkylation sites (tertiary alicyclic amines) is 1. The Bertz CT molecular complexity index is 512. The summed E-state index contributed by atoms with van der Waals surface area (Å²) >= 11 is 0. The third kappa shape index (κ3) is 2.93. The second-order valence-electron chi connectivity index (χ2n) is 5.93. The molecule has 0 saturated carbocycles. The summed E-state index contributed by atoms with van der Waals surface area (Å²) < 4.78 is 10.9. The molecule has 114 valence electrons. The number of methoxy groups -OCH3 is 2. The molecule has 21 heavy (non-hydrogen) atoms. The first-order valence-corrected chi connectivity index (χ1v) is 7.98. The second kappa shape index (κ2) is 6.52. The van der Waals surface area contributed by atoms with Crippen LogP contribution in [0.25, 0.3) is 0 Å². The molecule has 0 amide bonds. The highest BCUT2D eigenvalue weighted by atomic mass is 16.5. The molecule has 0 spiro atoms. The van der Waals surface area contributed by atoms with Crippen molar-refractivity contribution in [2.75, 3.05) is 20.8 Å². The summed E-state index contributed by atoms with van der Waals surface area (Å²) in [4.78, 5) is 2.65. The molecule has 1 saturated heterocycles. The molecule has 0 bridgehead atoms. The van der Waals surface area contributed by atoms with E-state index in [0.717, 1.165) is 11.5 Å². The number of allylic oxidation sites excluding steroid dienone is 1. The van der Waals surface area contributed by atoms with Gasteiger partial charge in [0.25, 0.3) is 0 Å². The molecule has 1 aliphatic heterocycles. The number of rotatable bonds is 4. The van der Waals surface area contributed by atoms with Crippen LogP contribution in [-0.4, -0.2) is 31.7 Å². The Labute approximate surface area is 127 Å². The molecule has 0 N–H and O–H groups in total. The molecule has 3 nitrogen and oxygen atoms in total. The Hall–Kier alpha value is -1.48. The molecule has 1 heterocycles. The first kappa shape index (κ1) is 14.5. The lowest BCUT2D eigenvalue weighted by molar-refractivity contribution is 0.194. The van der Waals surface area contributed by atoms with Crippen molar-refractivity contribution >= 4 is 0 Å². The molecule has 2 atom stereocenters. The maximum absolute atomic E-state index is 5.61. The summed E-state index contributed by atoms with van der Waals surface area (Å²) in [6.45, 7) is 1.19. The molecule has 1 fully saturated rings. The molecular formula is C18H25NO2. The first-order chi connectivity index (χ1) is 10.3. The van der Waals surface area contributed by atoms with Crippen molar-refractivity contribution in [2.24, 2.45) is 0 Å². The quantitative estimate of drug-likeness (QED) is 0.783. The van der Waals surface area contributed by atoms with Crippen molar-refractivity contribution in [2.45, 2.75) is 44.2 Å². The third-order valence-corrected chi connectivity index (χ3v) is 4.75. The molecule has 2 aliphatic rings. The van der Waals surface area contributed by atoms with Gasteiger partial charge in [-0.05, 0) is 44.7 Å². The number of benzene rings is 1. The van der Waals surface area contributed by atoms with Gasteiger partial charge in [-0.2, -0.15) is 0 Å². The maximum Gasteiger partial charge on any atom is 0.127 e. The zero-order chi connectivity index (χ0) is 14.7. The largest absolute Gasteiger partial charge is 0.497 e. The highest BCUT2D eigenvalue weighted by Crippen LogP contribution is 2.40. The van der Waals surface area contributed by atoms with Crippen molar-refractivity contribution in [1.29, 1.82) is 0 Å². The number of nitrogens with zero attached hydrogens (tertiary/aromatic N) is 1. The lowest BCUT2D eigenvalue weighted by Gasteiger charge is -2.33. The summed E-state index contributed by atoms with van der Waals surface area (Å²) in [6.07, 6.45) is 11.1. The van der Waals surface area contributed by atoms with Crippen LogP contribution in [0.3, 0.4) is 0 Å². The van der Waals surface area contributed by atoms with Crippen LogP contribution in [0.2, 0.25) is 0 Å². The van der Waals surface area contributed by atoms with Crippen LogP contribution in [0.5, 0.6) is 11.5 Å². The smallest absolute Gasteiger partial charge is 0.127 e. The highest BCUT2D eigenvalue weighted by molar-refractivity contribution is 5.43. The molecule has 1 aliphatic carbocycles. The van der Waals surface area contributed by atoms with Gasteiger partial charge < -0.3 is 9.47 Å². The van der Waals surface area contributed by atoms with E-state index in [9.17, 15) is 0 Å². The van der Waals surface area contributed by atoms with Crippen molar-refractivity contribution in [3.8, 4) is 11.5 Å². The number of hydrogen-bond donors (Lipinski definition) is 0. The van der Waals surface area contributed by atoms with Gasteiger partial charge in [0.05, 0.1) is 14.2 Å². The van der Waals surface area contributed by atoms with Gasteiger partial charge in [-0.1, -0.05) is 18.2 Å². The van der Waals surface area contributed by atoms with Crippen molar-refractivity contribution in [1.82, 2.24) is 4.90 Å². The van der Waals surface area contributed by atoms with Gasteiger partial charge in [-0.25, -0.2) is 0 Å². The average Bonchev–Trinajstić information content (AvgIpc) is 3.04. The highest BCUT2D eigenvalue weighted by Gasteiger charge is 2.32. The van der Waals surface area contributed by atoms with E-state index < -0.39 is 0 Å². The van der Waals surface area contributed by atoms with E-state index >= 15 is 0 Å². The standard InChI is InChI=1S/C18H25NO2/c1-20-15-10-11-16(18(13-15)21-2)17-9-6-12-19(17)14-7-4-3-5-8-14/h4,7,10-11,13-14,17H,3,5-6,8-9,12H2,1-2H3. The summed E-state index contributed by atoms with van der Waals surface area (Å²) in [5.74, 6) is 1.81. The molecule has 3 heteroatoms. The van der Waals surface area contributed by atoms with Crippen molar-refractivity contribution in [3.05, 3.63) is 35.9 Å².